The second kappa shape index (κ2) is 4.74. The smallest absolute Gasteiger partial charge is 0.228 e. The monoisotopic (exact) mass is 227 g/mol. The minimum Gasteiger partial charge on any atom is -0.381 e. The number of carbonyl (C=O) groups is 1. The largest absolute Gasteiger partial charge is 0.381 e. The molecule has 2 atom stereocenters. The number of amides is 1. The number of nitrogens with zero attached hydrogens (tertiary/aromatic N) is 1. The lowest BCUT2D eigenvalue weighted by atomic mass is 9.92. The Balaban J connectivity index is 2.42. The van der Waals surface area contributed by atoms with E-state index in [-0.39, 0.29) is 16.7 Å². The molecule has 1 aliphatic carbocycles. The summed E-state index contributed by atoms with van der Waals surface area (Å²) in [6, 6.07) is 0. The van der Waals surface area contributed by atoms with E-state index in [1.165, 1.54) is 0 Å². The van der Waals surface area contributed by atoms with Gasteiger partial charge < -0.3 is 9.64 Å². The summed E-state index contributed by atoms with van der Waals surface area (Å²) >= 11 is 0. The first-order chi connectivity index (χ1) is 7.37. The van der Waals surface area contributed by atoms with Crippen molar-refractivity contribution in [3.8, 4) is 0 Å². The summed E-state index contributed by atoms with van der Waals surface area (Å²) in [6.45, 7) is 7.99. The van der Waals surface area contributed by atoms with Gasteiger partial charge in [-0.3, -0.25) is 4.79 Å². The molecule has 0 spiro atoms. The molecular weight excluding hydrogens is 202 g/mol. The molecule has 0 saturated heterocycles. The molecular formula is C13H25NO2. The molecule has 0 bridgehead atoms. The number of carbonyl (C=O) groups excluding carboxylic acids is 1. The highest BCUT2D eigenvalue weighted by atomic mass is 16.5. The van der Waals surface area contributed by atoms with E-state index in [0.717, 1.165) is 32.5 Å². The zero-order valence-corrected chi connectivity index (χ0v) is 11.3. The molecule has 0 radical (unpaired) electrons. The first kappa shape index (κ1) is 13.5. The van der Waals surface area contributed by atoms with Gasteiger partial charge in [0.25, 0.3) is 0 Å². The maximum absolute atomic E-state index is 12.0. The Kier molecular flexibility index (Phi) is 4.00. The van der Waals surface area contributed by atoms with Crippen LogP contribution in [0.2, 0.25) is 0 Å². The molecule has 0 aromatic rings. The second-order valence-corrected chi connectivity index (χ2v) is 5.63. The predicted octanol–water partition coefficient (Wildman–Crippen LogP) is 2.31. The summed E-state index contributed by atoms with van der Waals surface area (Å²) in [5.74, 6) is 0.255. The van der Waals surface area contributed by atoms with Gasteiger partial charge in [-0.05, 0) is 24.7 Å². The van der Waals surface area contributed by atoms with E-state index in [1.807, 2.05) is 14.1 Å². The van der Waals surface area contributed by atoms with E-state index < -0.39 is 0 Å². The topological polar surface area (TPSA) is 29.5 Å². The molecule has 1 amide bonds. The Morgan fingerprint density at radius 3 is 2.44 bits per heavy atom. The van der Waals surface area contributed by atoms with Gasteiger partial charge >= 0.3 is 0 Å². The summed E-state index contributed by atoms with van der Waals surface area (Å²) < 4.78 is 5.51. The maximum Gasteiger partial charge on any atom is 0.228 e. The number of hydrogen-bond acceptors (Lipinski definition) is 2. The first-order valence-corrected chi connectivity index (χ1v) is 6.17. The van der Waals surface area contributed by atoms with Crippen LogP contribution in [-0.2, 0) is 9.53 Å². The maximum atomic E-state index is 12.0. The lowest BCUT2D eigenvalue weighted by molar-refractivity contribution is -0.135. The Morgan fingerprint density at radius 1 is 1.31 bits per heavy atom. The average molecular weight is 227 g/mol. The first-order valence-electron chi connectivity index (χ1n) is 6.17. The zero-order chi connectivity index (χ0) is 12.4. The molecule has 1 saturated carbocycles. The number of hydrogen-bond donors (Lipinski definition) is 0. The highest BCUT2D eigenvalue weighted by Gasteiger charge is 2.65. The molecule has 3 nitrogen and oxygen atoms in total. The van der Waals surface area contributed by atoms with Crippen molar-refractivity contribution in [3.63, 3.8) is 0 Å². The molecule has 0 heterocycles. The standard InChI is InChI=1S/C13H25NO2/c1-6-8-16-9-7-12(2)10-13(12,3)11(15)14(4)5/h6-10H2,1-5H3. The van der Waals surface area contributed by atoms with E-state index >= 15 is 0 Å². The molecule has 1 rings (SSSR count). The summed E-state index contributed by atoms with van der Waals surface area (Å²) in [5, 5.41) is 0. The highest BCUT2D eigenvalue weighted by molar-refractivity contribution is 5.86. The van der Waals surface area contributed by atoms with Crippen LogP contribution in [0.5, 0.6) is 0 Å². The fraction of sp³-hybridized carbons (Fsp3) is 0.923. The molecule has 1 aliphatic rings. The Hall–Kier alpha value is -0.570. The van der Waals surface area contributed by atoms with Gasteiger partial charge in [0.05, 0.1) is 5.41 Å². The van der Waals surface area contributed by atoms with Crippen molar-refractivity contribution < 1.29 is 9.53 Å². The fourth-order valence-electron chi connectivity index (χ4n) is 2.47. The van der Waals surface area contributed by atoms with Crippen molar-refractivity contribution in [1.29, 1.82) is 0 Å². The van der Waals surface area contributed by atoms with Gasteiger partial charge in [0.2, 0.25) is 5.91 Å². The Morgan fingerprint density at radius 2 is 1.94 bits per heavy atom. The Labute approximate surface area is 99.1 Å². The zero-order valence-electron chi connectivity index (χ0n) is 11.3. The minimum absolute atomic E-state index is 0.141. The highest BCUT2D eigenvalue weighted by Crippen LogP contribution is 2.66. The van der Waals surface area contributed by atoms with Crippen molar-refractivity contribution in [2.45, 2.75) is 40.0 Å². The van der Waals surface area contributed by atoms with Gasteiger partial charge in [0.1, 0.15) is 0 Å². The molecule has 3 heteroatoms. The third-order valence-corrected chi connectivity index (χ3v) is 3.98. The summed E-state index contributed by atoms with van der Waals surface area (Å²) in [4.78, 5) is 13.7. The normalized spacial score (nSPS) is 32.6. The van der Waals surface area contributed by atoms with E-state index in [0.29, 0.717) is 0 Å². The van der Waals surface area contributed by atoms with Crippen molar-refractivity contribution >= 4 is 5.91 Å². The minimum atomic E-state index is -0.161. The van der Waals surface area contributed by atoms with Crippen molar-refractivity contribution in [3.05, 3.63) is 0 Å². The van der Waals surface area contributed by atoms with Gasteiger partial charge in [0, 0.05) is 27.3 Å². The average Bonchev–Trinajstić information content (AvgIpc) is 2.77. The van der Waals surface area contributed by atoms with E-state index in [4.69, 9.17) is 4.74 Å². The van der Waals surface area contributed by atoms with E-state index in [9.17, 15) is 4.79 Å². The summed E-state index contributed by atoms with van der Waals surface area (Å²) in [5.41, 5.74) is -0.0197. The van der Waals surface area contributed by atoms with Crippen LogP contribution < -0.4 is 0 Å². The van der Waals surface area contributed by atoms with Gasteiger partial charge in [0.15, 0.2) is 0 Å². The fourth-order valence-corrected chi connectivity index (χ4v) is 2.47. The molecule has 16 heavy (non-hydrogen) atoms. The van der Waals surface area contributed by atoms with Crippen LogP contribution in [0, 0.1) is 10.8 Å². The van der Waals surface area contributed by atoms with Gasteiger partial charge in [-0.25, -0.2) is 0 Å². The van der Waals surface area contributed by atoms with Crippen molar-refractivity contribution in [1.82, 2.24) is 4.90 Å². The van der Waals surface area contributed by atoms with Crippen molar-refractivity contribution in [2.75, 3.05) is 27.3 Å². The van der Waals surface area contributed by atoms with Crippen LogP contribution >= 0.6 is 0 Å². The van der Waals surface area contributed by atoms with E-state index in [2.05, 4.69) is 20.8 Å². The molecule has 94 valence electrons. The van der Waals surface area contributed by atoms with Gasteiger partial charge in [-0.2, -0.15) is 0 Å². The van der Waals surface area contributed by atoms with Crippen LogP contribution in [0.25, 0.3) is 0 Å². The predicted molar refractivity (Wildman–Crippen MR) is 65.3 cm³/mol. The SMILES string of the molecule is CCCOCCC1(C)CC1(C)C(=O)N(C)C. The van der Waals surface area contributed by atoms with Gasteiger partial charge in [-0.1, -0.05) is 20.8 Å². The van der Waals surface area contributed by atoms with Crippen LogP contribution in [0.1, 0.15) is 40.0 Å². The Bertz CT molecular complexity index is 265. The van der Waals surface area contributed by atoms with Crippen LogP contribution in [0.3, 0.4) is 0 Å². The lowest BCUT2D eigenvalue weighted by Gasteiger charge is -2.21. The number of ether oxygens (including phenoxy) is 1. The third kappa shape index (κ3) is 2.40. The van der Waals surface area contributed by atoms with Crippen LogP contribution in [-0.4, -0.2) is 38.1 Å². The third-order valence-electron chi connectivity index (χ3n) is 3.98. The van der Waals surface area contributed by atoms with Gasteiger partial charge in [-0.15, -0.1) is 0 Å². The van der Waals surface area contributed by atoms with Crippen molar-refractivity contribution in [2.24, 2.45) is 10.8 Å². The molecule has 0 aromatic heterocycles. The van der Waals surface area contributed by atoms with E-state index in [1.54, 1.807) is 4.90 Å². The number of rotatable bonds is 6. The summed E-state index contributed by atoms with van der Waals surface area (Å²) in [7, 11) is 3.67. The molecule has 0 aromatic carbocycles. The molecule has 0 aliphatic heterocycles. The molecule has 2 unspecified atom stereocenters. The second-order valence-electron chi connectivity index (χ2n) is 5.63. The summed E-state index contributed by atoms with van der Waals surface area (Å²) in [6.07, 6.45) is 3.04. The molecule has 1 fully saturated rings. The molecule has 0 N–H and O–H groups in total. The van der Waals surface area contributed by atoms with Crippen LogP contribution in [0.4, 0.5) is 0 Å². The van der Waals surface area contributed by atoms with Crippen LogP contribution in [0.15, 0.2) is 0 Å². The lowest BCUT2D eigenvalue weighted by Crippen LogP contribution is -2.32. The quantitative estimate of drug-likeness (QED) is 0.652.